The molecule has 0 aliphatic carbocycles. The van der Waals surface area contributed by atoms with E-state index in [9.17, 15) is 14.0 Å². The summed E-state index contributed by atoms with van der Waals surface area (Å²) in [4.78, 5) is 23.6. The van der Waals surface area contributed by atoms with Gasteiger partial charge in [0.05, 0.1) is 14.2 Å². The fraction of sp³-hybridized carbons (Fsp3) is 0.238. The summed E-state index contributed by atoms with van der Waals surface area (Å²) < 4.78 is 28.7. The third-order valence-electron chi connectivity index (χ3n) is 3.91. The van der Waals surface area contributed by atoms with Crippen LogP contribution in [0.15, 0.2) is 42.5 Å². The van der Waals surface area contributed by atoms with Gasteiger partial charge in [0, 0.05) is 24.3 Å². The Morgan fingerprint density at radius 1 is 1.11 bits per heavy atom. The molecule has 0 saturated carbocycles. The molecule has 0 bridgehead atoms. The molecule has 0 aromatic heterocycles. The SMILES string of the molecule is COc1ccc(/C=C/C(=O)OCC(=O)NCc2ccc(C)c(F)c2)c(OC)c1. The van der Waals surface area contributed by atoms with E-state index in [1.807, 2.05) is 0 Å². The number of carbonyl (C=O) groups excluding carboxylic acids is 2. The maximum absolute atomic E-state index is 13.5. The molecule has 0 radical (unpaired) electrons. The zero-order valence-electron chi connectivity index (χ0n) is 16.0. The van der Waals surface area contributed by atoms with Crippen molar-refractivity contribution in [2.75, 3.05) is 20.8 Å². The molecule has 2 rings (SSSR count). The molecule has 0 atom stereocenters. The fourth-order valence-electron chi connectivity index (χ4n) is 2.30. The van der Waals surface area contributed by atoms with Gasteiger partial charge in [0.1, 0.15) is 17.3 Å². The molecule has 28 heavy (non-hydrogen) atoms. The largest absolute Gasteiger partial charge is 0.497 e. The Hall–Kier alpha value is -3.35. The summed E-state index contributed by atoms with van der Waals surface area (Å²) in [5.74, 6) is -0.329. The average Bonchev–Trinajstić information content (AvgIpc) is 2.71. The van der Waals surface area contributed by atoms with Gasteiger partial charge in [-0.2, -0.15) is 0 Å². The molecule has 0 aliphatic rings. The van der Waals surface area contributed by atoms with E-state index in [2.05, 4.69) is 5.32 Å². The molecule has 148 valence electrons. The normalized spacial score (nSPS) is 10.6. The highest BCUT2D eigenvalue weighted by Gasteiger charge is 2.07. The first-order chi connectivity index (χ1) is 13.4. The molecular formula is C21H22FNO5. The summed E-state index contributed by atoms with van der Waals surface area (Å²) in [5.41, 5.74) is 1.81. The topological polar surface area (TPSA) is 73.9 Å². The molecule has 2 aromatic carbocycles. The van der Waals surface area contributed by atoms with Gasteiger partial charge < -0.3 is 19.5 Å². The van der Waals surface area contributed by atoms with Crippen molar-refractivity contribution < 1.29 is 28.2 Å². The fourth-order valence-corrected chi connectivity index (χ4v) is 2.30. The van der Waals surface area contributed by atoms with Crippen LogP contribution in [0, 0.1) is 12.7 Å². The second-order valence-electron chi connectivity index (χ2n) is 5.91. The van der Waals surface area contributed by atoms with Crippen LogP contribution in [0.2, 0.25) is 0 Å². The van der Waals surface area contributed by atoms with Crippen LogP contribution in [0.4, 0.5) is 4.39 Å². The molecular weight excluding hydrogens is 365 g/mol. The van der Waals surface area contributed by atoms with Crippen LogP contribution >= 0.6 is 0 Å². The number of rotatable bonds is 8. The molecule has 0 fully saturated rings. The molecule has 0 spiro atoms. The molecule has 1 N–H and O–H groups in total. The summed E-state index contributed by atoms with van der Waals surface area (Å²) in [6.07, 6.45) is 2.72. The lowest BCUT2D eigenvalue weighted by atomic mass is 10.1. The zero-order valence-corrected chi connectivity index (χ0v) is 16.0. The Morgan fingerprint density at radius 2 is 1.89 bits per heavy atom. The zero-order chi connectivity index (χ0) is 20.5. The predicted molar refractivity (Wildman–Crippen MR) is 103 cm³/mol. The lowest BCUT2D eigenvalue weighted by molar-refractivity contribution is -0.143. The summed E-state index contributed by atoms with van der Waals surface area (Å²) in [7, 11) is 3.05. The van der Waals surface area contributed by atoms with Crippen molar-refractivity contribution in [3.8, 4) is 11.5 Å². The second kappa shape index (κ2) is 10.1. The third-order valence-corrected chi connectivity index (χ3v) is 3.91. The van der Waals surface area contributed by atoms with E-state index in [1.165, 1.54) is 25.3 Å². The van der Waals surface area contributed by atoms with E-state index in [0.717, 1.165) is 0 Å². The number of amides is 1. The van der Waals surface area contributed by atoms with Crippen LogP contribution in [-0.2, 0) is 20.9 Å². The van der Waals surface area contributed by atoms with Crippen molar-refractivity contribution in [1.82, 2.24) is 5.32 Å². The number of esters is 1. The van der Waals surface area contributed by atoms with E-state index in [-0.39, 0.29) is 12.4 Å². The molecule has 0 heterocycles. The Morgan fingerprint density at radius 3 is 2.57 bits per heavy atom. The van der Waals surface area contributed by atoms with Crippen molar-refractivity contribution in [2.24, 2.45) is 0 Å². The van der Waals surface area contributed by atoms with Gasteiger partial charge in [-0.15, -0.1) is 0 Å². The van der Waals surface area contributed by atoms with Crippen molar-refractivity contribution in [3.05, 3.63) is 65.0 Å². The van der Waals surface area contributed by atoms with Crippen molar-refractivity contribution in [2.45, 2.75) is 13.5 Å². The highest BCUT2D eigenvalue weighted by Crippen LogP contribution is 2.25. The van der Waals surface area contributed by atoms with E-state index < -0.39 is 18.5 Å². The van der Waals surface area contributed by atoms with Crippen molar-refractivity contribution in [1.29, 1.82) is 0 Å². The summed E-state index contributed by atoms with van der Waals surface area (Å²) >= 11 is 0. The Balaban J connectivity index is 1.82. The van der Waals surface area contributed by atoms with E-state index in [0.29, 0.717) is 28.2 Å². The minimum Gasteiger partial charge on any atom is -0.497 e. The minimum atomic E-state index is -0.672. The molecule has 0 unspecified atom stereocenters. The van der Waals surface area contributed by atoms with E-state index >= 15 is 0 Å². The number of ether oxygens (including phenoxy) is 3. The van der Waals surface area contributed by atoms with Crippen LogP contribution in [0.3, 0.4) is 0 Å². The first-order valence-electron chi connectivity index (χ1n) is 8.51. The number of hydrogen-bond acceptors (Lipinski definition) is 5. The molecule has 0 aliphatic heterocycles. The summed E-state index contributed by atoms with van der Waals surface area (Å²) in [6.45, 7) is 1.37. The molecule has 7 heteroatoms. The average molecular weight is 387 g/mol. The highest BCUT2D eigenvalue weighted by atomic mass is 19.1. The standard InChI is InChI=1S/C21H22FNO5/c1-14-4-5-15(10-18(14)22)12-23-20(24)13-28-21(25)9-7-16-6-8-17(26-2)11-19(16)27-3/h4-11H,12-13H2,1-3H3,(H,23,24)/b9-7+. The van der Waals surface area contributed by atoms with Crippen LogP contribution in [0.25, 0.3) is 6.08 Å². The molecule has 1 amide bonds. The smallest absolute Gasteiger partial charge is 0.331 e. The number of nitrogens with one attached hydrogen (secondary N) is 1. The first-order valence-corrected chi connectivity index (χ1v) is 8.51. The highest BCUT2D eigenvalue weighted by molar-refractivity contribution is 5.89. The number of halogens is 1. The number of aryl methyl sites for hydroxylation is 1. The quantitative estimate of drug-likeness (QED) is 0.557. The second-order valence-corrected chi connectivity index (χ2v) is 5.91. The lowest BCUT2D eigenvalue weighted by Gasteiger charge is -2.08. The number of carbonyl (C=O) groups is 2. The van der Waals surface area contributed by atoms with Gasteiger partial charge in [-0.1, -0.05) is 12.1 Å². The van der Waals surface area contributed by atoms with Crippen LogP contribution in [0.1, 0.15) is 16.7 Å². The van der Waals surface area contributed by atoms with Gasteiger partial charge in [0.25, 0.3) is 5.91 Å². The predicted octanol–water partition coefficient (Wildman–Crippen LogP) is 3.02. The van der Waals surface area contributed by atoms with E-state index in [4.69, 9.17) is 14.2 Å². The Labute approximate surface area is 162 Å². The van der Waals surface area contributed by atoms with Crippen molar-refractivity contribution in [3.63, 3.8) is 0 Å². The van der Waals surface area contributed by atoms with Gasteiger partial charge in [-0.05, 0) is 42.3 Å². The van der Waals surface area contributed by atoms with Gasteiger partial charge in [-0.25, -0.2) is 9.18 Å². The molecule has 0 saturated heterocycles. The van der Waals surface area contributed by atoms with Crippen LogP contribution in [0.5, 0.6) is 11.5 Å². The number of hydrogen-bond donors (Lipinski definition) is 1. The van der Waals surface area contributed by atoms with Gasteiger partial charge in [0.15, 0.2) is 6.61 Å². The Kier molecular flexibility index (Phi) is 7.56. The van der Waals surface area contributed by atoms with Gasteiger partial charge >= 0.3 is 5.97 Å². The summed E-state index contributed by atoms with van der Waals surface area (Å²) in [6, 6.07) is 9.85. The maximum atomic E-state index is 13.5. The maximum Gasteiger partial charge on any atom is 0.331 e. The van der Waals surface area contributed by atoms with Crippen LogP contribution in [-0.4, -0.2) is 32.7 Å². The number of methoxy groups -OCH3 is 2. The first kappa shape index (κ1) is 21.0. The lowest BCUT2D eigenvalue weighted by Crippen LogP contribution is -2.28. The van der Waals surface area contributed by atoms with Crippen molar-refractivity contribution >= 4 is 18.0 Å². The monoisotopic (exact) mass is 387 g/mol. The molecule has 6 nitrogen and oxygen atoms in total. The van der Waals surface area contributed by atoms with Gasteiger partial charge in [-0.3, -0.25) is 4.79 Å². The Bertz CT molecular complexity index is 879. The van der Waals surface area contributed by atoms with Crippen LogP contribution < -0.4 is 14.8 Å². The number of benzene rings is 2. The minimum absolute atomic E-state index is 0.145. The third kappa shape index (κ3) is 6.12. The van der Waals surface area contributed by atoms with Gasteiger partial charge in [0.2, 0.25) is 0 Å². The molecule has 2 aromatic rings. The summed E-state index contributed by atoms with van der Waals surface area (Å²) in [5, 5.41) is 2.56. The van der Waals surface area contributed by atoms with E-state index in [1.54, 1.807) is 44.4 Å².